The van der Waals surface area contributed by atoms with E-state index >= 15 is 0 Å². The Kier molecular flexibility index (Phi) is 33.7. The summed E-state index contributed by atoms with van der Waals surface area (Å²) in [5, 5.41) is 3.04. The maximum atomic E-state index is 12.8. The molecule has 0 radical (unpaired) electrons. The number of carbonyl (C=O) groups is 2. The quantitative estimate of drug-likeness (QED) is 0.0545. The minimum absolute atomic E-state index is 0.0249. The maximum absolute atomic E-state index is 12.8. The smallest absolute Gasteiger partial charge is 0.306 e. The lowest BCUT2D eigenvalue weighted by atomic mass is 10.0. The van der Waals surface area contributed by atoms with Crippen molar-refractivity contribution in [1.82, 2.24) is 10.2 Å². The highest BCUT2D eigenvalue weighted by Gasteiger charge is 2.14. The Morgan fingerprint density at radius 1 is 0.588 bits per heavy atom. The Morgan fingerprint density at radius 2 is 1.06 bits per heavy atom. The average Bonchev–Trinajstić information content (AvgIpc) is 3.13. The molecule has 0 saturated carbocycles. The molecule has 0 bridgehead atoms. The van der Waals surface area contributed by atoms with Crippen LogP contribution in [0, 0.1) is 0 Å². The van der Waals surface area contributed by atoms with Gasteiger partial charge in [-0.1, -0.05) is 167 Å². The van der Waals surface area contributed by atoms with Crippen LogP contribution in [0.2, 0.25) is 0 Å². The van der Waals surface area contributed by atoms with Gasteiger partial charge in [-0.25, -0.2) is 0 Å². The lowest BCUT2D eigenvalue weighted by Crippen LogP contribution is -2.32. The third-order valence-electron chi connectivity index (χ3n) is 10.1. The van der Waals surface area contributed by atoms with E-state index in [4.69, 9.17) is 9.47 Å². The number of esters is 1. The van der Waals surface area contributed by atoms with Crippen molar-refractivity contribution >= 4 is 11.9 Å². The number of benzene rings is 1. The summed E-state index contributed by atoms with van der Waals surface area (Å²) in [4.78, 5) is 27.6. The minimum atomic E-state index is -0.0385. The molecule has 0 aliphatic heterocycles. The van der Waals surface area contributed by atoms with Gasteiger partial charge in [-0.3, -0.25) is 9.59 Å². The first kappa shape index (κ1) is 47.1. The van der Waals surface area contributed by atoms with Gasteiger partial charge in [0.2, 0.25) is 5.91 Å². The molecule has 1 aromatic carbocycles. The van der Waals surface area contributed by atoms with Crippen LogP contribution in [0.15, 0.2) is 30.3 Å². The van der Waals surface area contributed by atoms with E-state index in [1.165, 1.54) is 135 Å². The van der Waals surface area contributed by atoms with Crippen molar-refractivity contribution in [2.45, 2.75) is 207 Å². The molecular weight excluding hydrogens is 633 g/mol. The van der Waals surface area contributed by atoms with E-state index in [2.05, 4.69) is 31.0 Å². The lowest BCUT2D eigenvalue weighted by Gasteiger charge is -2.22. The largest absolute Gasteiger partial charge is 0.462 e. The third kappa shape index (κ3) is 31.3. The molecule has 6 heteroatoms. The summed E-state index contributed by atoms with van der Waals surface area (Å²) < 4.78 is 11.6. The van der Waals surface area contributed by atoms with Gasteiger partial charge in [-0.15, -0.1) is 0 Å². The van der Waals surface area contributed by atoms with E-state index in [1.807, 2.05) is 30.3 Å². The predicted octanol–water partition coefficient (Wildman–Crippen LogP) is 12.1. The zero-order valence-electron chi connectivity index (χ0n) is 33.9. The number of hydrogen-bond acceptors (Lipinski definition) is 5. The van der Waals surface area contributed by atoms with Crippen LogP contribution in [-0.2, 0) is 25.7 Å². The molecule has 0 unspecified atom stereocenters. The highest BCUT2D eigenvalue weighted by Crippen LogP contribution is 2.18. The van der Waals surface area contributed by atoms with E-state index in [0.717, 1.165) is 57.3 Å². The van der Waals surface area contributed by atoms with Crippen molar-refractivity contribution in [3.63, 3.8) is 0 Å². The van der Waals surface area contributed by atoms with E-state index in [1.54, 1.807) is 0 Å². The molecule has 0 spiro atoms. The van der Waals surface area contributed by atoms with Crippen LogP contribution in [0.4, 0.5) is 0 Å². The Morgan fingerprint density at radius 3 is 1.61 bits per heavy atom. The fourth-order valence-corrected chi connectivity index (χ4v) is 6.82. The number of nitrogens with one attached hydrogen (secondary N) is 1. The first-order valence-corrected chi connectivity index (χ1v) is 21.9. The molecule has 0 atom stereocenters. The van der Waals surface area contributed by atoms with Gasteiger partial charge in [0.15, 0.2) is 0 Å². The Labute approximate surface area is 316 Å². The van der Waals surface area contributed by atoms with Gasteiger partial charge in [0.05, 0.1) is 6.61 Å². The van der Waals surface area contributed by atoms with Crippen LogP contribution in [0.25, 0.3) is 0 Å². The third-order valence-corrected chi connectivity index (χ3v) is 10.1. The molecule has 0 aliphatic rings. The van der Waals surface area contributed by atoms with Crippen molar-refractivity contribution in [2.24, 2.45) is 0 Å². The minimum Gasteiger partial charge on any atom is -0.462 e. The van der Waals surface area contributed by atoms with Gasteiger partial charge in [-0.05, 0) is 76.6 Å². The fraction of sp³-hybridized carbons (Fsp3) is 0.822. The number of rotatable bonds is 38. The van der Waals surface area contributed by atoms with E-state index in [9.17, 15) is 9.59 Å². The van der Waals surface area contributed by atoms with E-state index < -0.39 is 0 Å². The van der Waals surface area contributed by atoms with Crippen molar-refractivity contribution < 1.29 is 19.1 Å². The summed E-state index contributed by atoms with van der Waals surface area (Å²) in [5.74, 6) is -0.0136. The molecule has 51 heavy (non-hydrogen) atoms. The molecule has 1 N–H and O–H groups in total. The predicted molar refractivity (Wildman–Crippen MR) is 217 cm³/mol. The molecule has 1 amide bonds. The van der Waals surface area contributed by atoms with Crippen LogP contribution >= 0.6 is 0 Å². The van der Waals surface area contributed by atoms with Gasteiger partial charge in [0.25, 0.3) is 0 Å². The van der Waals surface area contributed by atoms with Gasteiger partial charge in [0.1, 0.15) is 12.7 Å². The first-order valence-electron chi connectivity index (χ1n) is 21.9. The van der Waals surface area contributed by atoms with Crippen LogP contribution in [-0.4, -0.2) is 55.7 Å². The van der Waals surface area contributed by atoms with E-state index in [0.29, 0.717) is 19.6 Å². The normalized spacial score (nSPS) is 11.5. The number of nitrogens with zero attached hydrogens (tertiary/aromatic N) is 1. The summed E-state index contributed by atoms with van der Waals surface area (Å²) in [7, 11) is 0. The van der Waals surface area contributed by atoms with Crippen LogP contribution < -0.4 is 5.32 Å². The second kappa shape index (κ2) is 36.4. The molecule has 0 heterocycles. The Hall–Kier alpha value is -1.92. The molecule has 296 valence electrons. The van der Waals surface area contributed by atoms with Crippen LogP contribution in [0.1, 0.15) is 200 Å². The SMILES string of the molecule is CCCCCCCCC(CCCCCCCC)OC(=O)CCCCCCCN(CCCCCCCC)CCCNC(=O)COCc1ccccc1. The molecule has 0 fully saturated rings. The second-order valence-corrected chi connectivity index (χ2v) is 15.0. The Balaban J connectivity index is 2.29. The summed E-state index contributed by atoms with van der Waals surface area (Å²) in [6.45, 7) is 11.3. The van der Waals surface area contributed by atoms with E-state index in [-0.39, 0.29) is 24.6 Å². The van der Waals surface area contributed by atoms with Crippen molar-refractivity contribution in [2.75, 3.05) is 32.8 Å². The number of hydrogen-bond donors (Lipinski definition) is 1. The first-order chi connectivity index (χ1) is 25.1. The summed E-state index contributed by atoms with van der Waals surface area (Å²) in [6.07, 6.45) is 32.6. The van der Waals surface area contributed by atoms with Gasteiger partial charge < -0.3 is 19.7 Å². The van der Waals surface area contributed by atoms with Gasteiger partial charge >= 0.3 is 5.97 Å². The average molecular weight is 715 g/mol. The second-order valence-electron chi connectivity index (χ2n) is 15.0. The topological polar surface area (TPSA) is 67.9 Å². The molecule has 1 aromatic rings. The highest BCUT2D eigenvalue weighted by atomic mass is 16.5. The molecule has 0 aliphatic carbocycles. The number of amides is 1. The lowest BCUT2D eigenvalue weighted by molar-refractivity contribution is -0.150. The fourth-order valence-electron chi connectivity index (χ4n) is 6.82. The number of unbranched alkanes of at least 4 members (excludes halogenated alkanes) is 19. The highest BCUT2D eigenvalue weighted by molar-refractivity contribution is 5.77. The molecule has 6 nitrogen and oxygen atoms in total. The van der Waals surface area contributed by atoms with Gasteiger partial charge in [0, 0.05) is 13.0 Å². The van der Waals surface area contributed by atoms with Crippen LogP contribution in [0.3, 0.4) is 0 Å². The molecule has 0 aromatic heterocycles. The summed E-state index contributed by atoms with van der Waals surface area (Å²) in [5.41, 5.74) is 1.08. The van der Waals surface area contributed by atoms with Crippen LogP contribution in [0.5, 0.6) is 0 Å². The zero-order chi connectivity index (χ0) is 36.9. The number of ether oxygens (including phenoxy) is 2. The monoisotopic (exact) mass is 715 g/mol. The van der Waals surface area contributed by atoms with Crippen molar-refractivity contribution in [1.29, 1.82) is 0 Å². The van der Waals surface area contributed by atoms with Crippen molar-refractivity contribution in [3.8, 4) is 0 Å². The molecule has 0 saturated heterocycles. The number of carbonyl (C=O) groups excluding carboxylic acids is 2. The summed E-state index contributed by atoms with van der Waals surface area (Å²) in [6, 6.07) is 9.98. The summed E-state index contributed by atoms with van der Waals surface area (Å²) >= 11 is 0. The van der Waals surface area contributed by atoms with Gasteiger partial charge in [-0.2, -0.15) is 0 Å². The maximum Gasteiger partial charge on any atom is 0.306 e. The standard InChI is InChI=1S/C45H82N2O4/c1-4-7-10-13-17-25-33-43(34-26-18-14-11-8-5-2)51-45(49)35-27-19-16-21-29-38-47(37-28-20-15-12-9-6-3)39-30-36-46-44(48)41-50-40-42-31-23-22-24-32-42/h22-24,31-32,43H,4-21,25-30,33-41H2,1-3H3,(H,46,48). The zero-order valence-corrected chi connectivity index (χ0v) is 33.9. The van der Waals surface area contributed by atoms with Crippen molar-refractivity contribution in [3.05, 3.63) is 35.9 Å². The molecule has 1 rings (SSSR count). The molecular formula is C45H82N2O4. The Bertz CT molecular complexity index is 879.